The van der Waals surface area contributed by atoms with Gasteiger partial charge in [0, 0.05) is 42.3 Å². The maximum absolute atomic E-state index is 14.8. The number of phenols is 1. The zero-order valence-electron chi connectivity index (χ0n) is 34.0. The summed E-state index contributed by atoms with van der Waals surface area (Å²) in [5, 5.41) is 39.8. The molecule has 1 aromatic carbocycles. The highest BCUT2D eigenvalue weighted by atomic mass is 16.6. The number of ketones is 2. The number of aliphatic hydroxyl groups excluding tert-OH is 2. The van der Waals surface area contributed by atoms with Crippen molar-refractivity contribution in [3.8, 4) is 5.75 Å². The van der Waals surface area contributed by atoms with Gasteiger partial charge in [-0.2, -0.15) is 0 Å². The van der Waals surface area contributed by atoms with Gasteiger partial charge < -0.3 is 30.7 Å². The number of hydrogen-bond acceptors (Lipinski definition) is 8. The van der Waals surface area contributed by atoms with Gasteiger partial charge in [0.25, 0.3) is 0 Å². The van der Waals surface area contributed by atoms with Crippen LogP contribution in [0.25, 0.3) is 0 Å². The number of nitrogens with one attached hydrogen (secondary N) is 2. The van der Waals surface area contributed by atoms with E-state index in [0.29, 0.717) is 38.3 Å². The molecule has 0 radical (unpaired) electrons. The average molecular weight is 733 g/mol. The number of hydrogen-bond donors (Lipinski definition) is 5. The van der Waals surface area contributed by atoms with E-state index < -0.39 is 17.6 Å². The highest BCUT2D eigenvalue weighted by Gasteiger charge is 2.71. The summed E-state index contributed by atoms with van der Waals surface area (Å²) in [7, 11) is 1.89. The number of rotatable bonds is 11. The van der Waals surface area contributed by atoms with Crippen LogP contribution in [0.3, 0.4) is 0 Å². The van der Waals surface area contributed by atoms with Crippen LogP contribution in [0.4, 0.5) is 0 Å². The van der Waals surface area contributed by atoms with E-state index in [-0.39, 0.29) is 75.0 Å². The third-order valence-electron chi connectivity index (χ3n) is 16.4. The van der Waals surface area contributed by atoms with Gasteiger partial charge in [0.2, 0.25) is 0 Å². The minimum absolute atomic E-state index is 0.0251. The van der Waals surface area contributed by atoms with Crippen LogP contribution in [0.1, 0.15) is 137 Å². The van der Waals surface area contributed by atoms with Gasteiger partial charge in [-0.25, -0.2) is 0 Å². The Bertz CT molecular complexity index is 1650. The monoisotopic (exact) mass is 733 g/mol. The summed E-state index contributed by atoms with van der Waals surface area (Å²) < 4.78 is 6.24. The molecular formula is C45H68N2O6. The molecule has 0 amide bonds. The Morgan fingerprint density at radius 1 is 0.962 bits per heavy atom. The summed E-state index contributed by atoms with van der Waals surface area (Å²) in [6.07, 6.45) is 7.83. The second-order valence-corrected chi connectivity index (χ2v) is 20.1. The smallest absolute Gasteiger partial charge is 0.159 e. The second kappa shape index (κ2) is 13.5. The molecule has 0 unspecified atom stereocenters. The standard InChI is InChI=1S/C45H68N2O6/c1-25(16-34(50)40-45(8,53-40)29-12-10-11-13-29)37-32-14-15-36-42(5)20-31(28-17-27(24-46-9)18-30(49)19-28)39(52)41(3,4)38(42)33(47-23-26(2)48)21-44(36,7)43(32,6)22-35(37)51/h17-19,25-26,29,31,33-34,36,38,40,46-50H,10-16,20-24H2,1-9H3/t25-,26+,31+,33+,34-,36+,38+,40+,42-,43+,44+,45-/m1/s1. The highest BCUT2D eigenvalue weighted by molar-refractivity contribution is 6.00. The summed E-state index contributed by atoms with van der Waals surface area (Å²) in [4.78, 5) is 29.1. The Hall–Kier alpha value is -2.10. The molecule has 1 saturated heterocycles. The van der Waals surface area contributed by atoms with Crippen LogP contribution in [0.5, 0.6) is 5.75 Å². The molecule has 0 aromatic heterocycles. The lowest BCUT2D eigenvalue weighted by Crippen LogP contribution is -2.69. The Labute approximate surface area is 318 Å². The summed E-state index contributed by atoms with van der Waals surface area (Å²) >= 11 is 0. The number of aliphatic hydroxyl groups is 2. The maximum atomic E-state index is 14.8. The molecule has 7 rings (SSSR count). The van der Waals surface area contributed by atoms with Crippen molar-refractivity contribution in [3.63, 3.8) is 0 Å². The lowest BCUT2D eigenvalue weighted by Gasteiger charge is -2.70. The summed E-state index contributed by atoms with van der Waals surface area (Å²) in [5.74, 6) is 0.999. The number of benzene rings is 1. The lowest BCUT2D eigenvalue weighted by molar-refractivity contribution is -0.193. The fourth-order valence-corrected chi connectivity index (χ4v) is 14.0. The van der Waals surface area contributed by atoms with E-state index in [2.05, 4.69) is 65.2 Å². The van der Waals surface area contributed by atoms with E-state index >= 15 is 0 Å². The van der Waals surface area contributed by atoms with Crippen molar-refractivity contribution < 1.29 is 29.6 Å². The molecule has 0 spiro atoms. The molecule has 8 nitrogen and oxygen atoms in total. The largest absolute Gasteiger partial charge is 0.508 e. The first-order valence-electron chi connectivity index (χ1n) is 20.9. The van der Waals surface area contributed by atoms with Crippen molar-refractivity contribution in [2.75, 3.05) is 13.6 Å². The van der Waals surface area contributed by atoms with Crippen LogP contribution >= 0.6 is 0 Å². The minimum Gasteiger partial charge on any atom is -0.508 e. The van der Waals surface area contributed by atoms with Crippen LogP contribution < -0.4 is 10.6 Å². The number of fused-ring (bicyclic) bond motifs is 5. The average Bonchev–Trinajstić information content (AvgIpc) is 3.36. The second-order valence-electron chi connectivity index (χ2n) is 20.1. The number of allylic oxidation sites excluding steroid dienone is 2. The van der Waals surface area contributed by atoms with Gasteiger partial charge in [-0.1, -0.05) is 66.0 Å². The third kappa shape index (κ3) is 6.11. The molecule has 53 heavy (non-hydrogen) atoms. The minimum atomic E-state index is -0.666. The van der Waals surface area contributed by atoms with E-state index in [0.717, 1.165) is 36.0 Å². The lowest BCUT2D eigenvalue weighted by atomic mass is 9.34. The molecule has 1 aromatic rings. The summed E-state index contributed by atoms with van der Waals surface area (Å²) in [6, 6.07) is 5.62. The van der Waals surface area contributed by atoms with Crippen LogP contribution in [0.15, 0.2) is 29.3 Å². The van der Waals surface area contributed by atoms with Crippen molar-refractivity contribution in [2.24, 2.45) is 45.3 Å². The molecule has 5 aliphatic carbocycles. The molecule has 12 atom stereocenters. The van der Waals surface area contributed by atoms with Gasteiger partial charge in [0.1, 0.15) is 17.6 Å². The highest BCUT2D eigenvalue weighted by Crippen LogP contribution is 2.75. The van der Waals surface area contributed by atoms with Crippen LogP contribution in [0, 0.1) is 45.3 Å². The van der Waals surface area contributed by atoms with Gasteiger partial charge in [0.05, 0.1) is 17.8 Å². The molecule has 0 bridgehead atoms. The zero-order chi connectivity index (χ0) is 38.5. The van der Waals surface area contributed by atoms with Gasteiger partial charge >= 0.3 is 0 Å². The molecule has 1 heterocycles. The van der Waals surface area contributed by atoms with Crippen molar-refractivity contribution >= 4 is 11.6 Å². The van der Waals surface area contributed by atoms with Crippen molar-refractivity contribution in [1.29, 1.82) is 0 Å². The number of aromatic hydroxyl groups is 1. The number of carbonyl (C=O) groups is 2. The quantitative estimate of drug-likeness (QED) is 0.154. The van der Waals surface area contributed by atoms with Crippen molar-refractivity contribution in [2.45, 2.75) is 162 Å². The molecular weight excluding hydrogens is 665 g/mol. The first kappa shape index (κ1) is 39.1. The zero-order valence-corrected chi connectivity index (χ0v) is 34.0. The number of carbonyl (C=O) groups excluding carboxylic acids is 2. The van der Waals surface area contributed by atoms with Crippen LogP contribution in [-0.4, -0.2) is 70.4 Å². The predicted octanol–water partition coefficient (Wildman–Crippen LogP) is 6.99. The SMILES string of the molecule is CNCc1cc(O)cc([C@@H]2C[C@@]3(C)[C@@H]([C@@H](NC[C@H](C)O)C[C@@]4(C)[C@H]3CCC3=C([C@H](C)C[C@@H](O)[C@@H]5O[C@]5(C)C5CCCC5)C(=O)C[C@@]34C)C(C)(C)C2=O)c1. The van der Waals surface area contributed by atoms with E-state index in [1.54, 1.807) is 19.1 Å². The maximum Gasteiger partial charge on any atom is 0.159 e. The Morgan fingerprint density at radius 2 is 1.66 bits per heavy atom. The molecule has 8 heteroatoms. The van der Waals surface area contributed by atoms with E-state index in [4.69, 9.17) is 4.74 Å². The summed E-state index contributed by atoms with van der Waals surface area (Å²) in [6.45, 7) is 18.6. The molecule has 6 aliphatic rings. The molecule has 294 valence electrons. The number of phenolic OH excluding ortho intramolecular Hbond substituents is 1. The van der Waals surface area contributed by atoms with E-state index in [1.807, 2.05) is 7.05 Å². The molecule has 4 saturated carbocycles. The van der Waals surface area contributed by atoms with Crippen LogP contribution in [-0.2, 0) is 20.9 Å². The van der Waals surface area contributed by atoms with Crippen LogP contribution in [0.2, 0.25) is 0 Å². The fourth-order valence-electron chi connectivity index (χ4n) is 14.0. The summed E-state index contributed by atoms with van der Waals surface area (Å²) in [5.41, 5.74) is 2.29. The van der Waals surface area contributed by atoms with Gasteiger partial charge in [-0.15, -0.1) is 0 Å². The fraction of sp³-hybridized carbons (Fsp3) is 0.778. The topological polar surface area (TPSA) is 131 Å². The van der Waals surface area contributed by atoms with Crippen molar-refractivity contribution in [3.05, 3.63) is 40.5 Å². The third-order valence-corrected chi connectivity index (χ3v) is 16.4. The first-order chi connectivity index (χ1) is 24.8. The number of ether oxygens (including phenoxy) is 1. The molecule has 1 aliphatic heterocycles. The predicted molar refractivity (Wildman–Crippen MR) is 207 cm³/mol. The first-order valence-corrected chi connectivity index (χ1v) is 20.9. The Kier molecular flexibility index (Phi) is 10.00. The number of Topliss-reactive ketones (excluding diaryl/α,β-unsaturated/α-hetero) is 2. The normalized spacial score (nSPS) is 41.2. The van der Waals surface area contributed by atoms with Crippen molar-refractivity contribution in [1.82, 2.24) is 10.6 Å². The van der Waals surface area contributed by atoms with E-state index in [9.17, 15) is 24.9 Å². The molecule has 5 N–H and O–H groups in total. The van der Waals surface area contributed by atoms with Gasteiger partial charge in [0.15, 0.2) is 5.78 Å². The Balaban J connectivity index is 1.24. The van der Waals surface area contributed by atoms with E-state index in [1.165, 1.54) is 31.3 Å². The van der Waals surface area contributed by atoms with Gasteiger partial charge in [-0.3, -0.25) is 9.59 Å². The van der Waals surface area contributed by atoms with Gasteiger partial charge in [-0.05, 0) is 129 Å². The molecule has 5 fully saturated rings. The Morgan fingerprint density at radius 3 is 2.32 bits per heavy atom. The number of epoxide rings is 1.